The molecule has 0 saturated heterocycles. The van der Waals surface area contributed by atoms with Gasteiger partial charge in [0.2, 0.25) is 0 Å². The van der Waals surface area contributed by atoms with Gasteiger partial charge in [-0.2, -0.15) is 0 Å². The van der Waals surface area contributed by atoms with Crippen molar-refractivity contribution in [2.24, 2.45) is 5.84 Å². The molecule has 0 saturated carbocycles. The predicted molar refractivity (Wildman–Crippen MR) is 72.1 cm³/mol. The van der Waals surface area contributed by atoms with Crippen LogP contribution in [0.25, 0.3) is 0 Å². The first-order valence-corrected chi connectivity index (χ1v) is 6.41. The Morgan fingerprint density at radius 3 is 2.42 bits per heavy atom. The van der Waals surface area contributed by atoms with E-state index in [9.17, 15) is 8.78 Å². The summed E-state index contributed by atoms with van der Waals surface area (Å²) in [6, 6.07) is 6.64. The fourth-order valence-electron chi connectivity index (χ4n) is 1.82. The van der Waals surface area contributed by atoms with E-state index >= 15 is 0 Å². The summed E-state index contributed by atoms with van der Waals surface area (Å²) in [6.07, 6.45) is 1.92. The van der Waals surface area contributed by atoms with Crippen LogP contribution in [-0.2, 0) is 6.42 Å². The molecule has 2 rings (SSSR count). The third-order valence-electron chi connectivity index (χ3n) is 2.75. The number of aromatic nitrogens is 1. The Morgan fingerprint density at radius 2 is 1.89 bits per heavy atom. The molecule has 1 aromatic carbocycles. The van der Waals surface area contributed by atoms with Gasteiger partial charge in [0, 0.05) is 28.3 Å². The van der Waals surface area contributed by atoms with E-state index in [4.69, 9.17) is 5.84 Å². The summed E-state index contributed by atoms with van der Waals surface area (Å²) in [4.78, 5) is 4.16. The van der Waals surface area contributed by atoms with Gasteiger partial charge in [0.25, 0.3) is 0 Å². The number of halogens is 3. The highest BCUT2D eigenvalue weighted by Crippen LogP contribution is 2.23. The lowest BCUT2D eigenvalue weighted by Gasteiger charge is -2.17. The molecule has 0 radical (unpaired) electrons. The third-order valence-corrected chi connectivity index (χ3v) is 3.22. The zero-order chi connectivity index (χ0) is 13.8. The van der Waals surface area contributed by atoms with E-state index in [2.05, 4.69) is 26.3 Å². The first-order chi connectivity index (χ1) is 9.11. The lowest BCUT2D eigenvalue weighted by molar-refractivity contribution is 0.470. The van der Waals surface area contributed by atoms with E-state index in [0.717, 1.165) is 4.47 Å². The van der Waals surface area contributed by atoms with Gasteiger partial charge in [-0.05, 0) is 40.2 Å². The second kappa shape index (κ2) is 6.18. The Bertz CT molecular complexity index is 540. The average Bonchev–Trinajstić information content (AvgIpc) is 2.39. The minimum absolute atomic E-state index is 0.0743. The van der Waals surface area contributed by atoms with Crippen molar-refractivity contribution in [2.75, 3.05) is 0 Å². The van der Waals surface area contributed by atoms with Gasteiger partial charge in [-0.25, -0.2) is 8.78 Å². The highest BCUT2D eigenvalue weighted by atomic mass is 79.9. The van der Waals surface area contributed by atoms with Crippen molar-refractivity contribution in [2.45, 2.75) is 12.5 Å². The summed E-state index contributed by atoms with van der Waals surface area (Å²) in [6.45, 7) is 0. The lowest BCUT2D eigenvalue weighted by Crippen LogP contribution is -2.31. The smallest absolute Gasteiger partial charge is 0.130 e. The fraction of sp³-hybridized carbons (Fsp3) is 0.154. The summed E-state index contributed by atoms with van der Waals surface area (Å²) in [7, 11) is 0. The quantitative estimate of drug-likeness (QED) is 0.670. The first kappa shape index (κ1) is 14.0. The Balaban J connectivity index is 2.27. The second-order valence-corrected chi connectivity index (χ2v) is 4.94. The van der Waals surface area contributed by atoms with Crippen LogP contribution in [0.1, 0.15) is 17.3 Å². The number of hydrogen-bond acceptors (Lipinski definition) is 3. The molecule has 0 aliphatic carbocycles. The van der Waals surface area contributed by atoms with Crippen LogP contribution in [0.4, 0.5) is 8.78 Å². The van der Waals surface area contributed by atoms with Crippen molar-refractivity contribution >= 4 is 15.9 Å². The van der Waals surface area contributed by atoms with E-state index in [0.29, 0.717) is 12.1 Å². The number of nitrogens with zero attached hydrogens (tertiary/aromatic N) is 1. The number of nitrogens with two attached hydrogens (primary N) is 1. The van der Waals surface area contributed by atoms with Crippen LogP contribution in [0.5, 0.6) is 0 Å². The SMILES string of the molecule is NNC(Cc1ccc(Br)cn1)c1c(F)cccc1F. The van der Waals surface area contributed by atoms with Crippen LogP contribution in [0, 0.1) is 11.6 Å². The molecule has 2 aromatic rings. The van der Waals surface area contributed by atoms with Crippen LogP contribution in [0.3, 0.4) is 0 Å². The molecule has 0 fully saturated rings. The molecule has 0 aliphatic heterocycles. The Labute approximate surface area is 117 Å². The van der Waals surface area contributed by atoms with Crippen LogP contribution in [-0.4, -0.2) is 4.98 Å². The van der Waals surface area contributed by atoms with Crippen molar-refractivity contribution in [1.29, 1.82) is 0 Å². The van der Waals surface area contributed by atoms with Crippen molar-refractivity contribution < 1.29 is 8.78 Å². The van der Waals surface area contributed by atoms with Gasteiger partial charge in [0.1, 0.15) is 11.6 Å². The number of benzene rings is 1. The highest BCUT2D eigenvalue weighted by molar-refractivity contribution is 9.10. The average molecular weight is 328 g/mol. The van der Waals surface area contributed by atoms with Crippen LogP contribution in [0.2, 0.25) is 0 Å². The topological polar surface area (TPSA) is 50.9 Å². The van der Waals surface area contributed by atoms with Crippen LogP contribution >= 0.6 is 15.9 Å². The maximum Gasteiger partial charge on any atom is 0.130 e. The highest BCUT2D eigenvalue weighted by Gasteiger charge is 2.19. The van der Waals surface area contributed by atoms with Gasteiger partial charge < -0.3 is 0 Å². The minimum Gasteiger partial charge on any atom is -0.271 e. The standard InChI is InChI=1S/C13H12BrF2N3/c14-8-4-5-9(18-7-8)6-12(19-17)13-10(15)2-1-3-11(13)16/h1-5,7,12,19H,6,17H2. The van der Waals surface area contributed by atoms with Gasteiger partial charge in [-0.15, -0.1) is 0 Å². The number of rotatable bonds is 4. The van der Waals surface area contributed by atoms with E-state index in [1.165, 1.54) is 18.2 Å². The largest absolute Gasteiger partial charge is 0.271 e. The van der Waals surface area contributed by atoms with Crippen molar-refractivity contribution in [1.82, 2.24) is 10.4 Å². The van der Waals surface area contributed by atoms with E-state index in [1.807, 2.05) is 6.07 Å². The minimum atomic E-state index is -0.671. The maximum atomic E-state index is 13.7. The fourth-order valence-corrected chi connectivity index (χ4v) is 2.06. The van der Waals surface area contributed by atoms with E-state index in [-0.39, 0.29) is 5.56 Å². The van der Waals surface area contributed by atoms with Crippen molar-refractivity contribution in [3.8, 4) is 0 Å². The van der Waals surface area contributed by atoms with Crippen LogP contribution < -0.4 is 11.3 Å². The molecule has 19 heavy (non-hydrogen) atoms. The van der Waals surface area contributed by atoms with Gasteiger partial charge in [-0.3, -0.25) is 16.3 Å². The molecular weight excluding hydrogens is 316 g/mol. The Morgan fingerprint density at radius 1 is 1.21 bits per heavy atom. The number of hydrogen-bond donors (Lipinski definition) is 2. The molecule has 1 atom stereocenters. The summed E-state index contributed by atoms with van der Waals surface area (Å²) < 4.78 is 28.2. The molecule has 3 nitrogen and oxygen atoms in total. The zero-order valence-electron chi connectivity index (χ0n) is 9.91. The zero-order valence-corrected chi connectivity index (χ0v) is 11.5. The van der Waals surface area contributed by atoms with E-state index in [1.54, 1.807) is 12.3 Å². The predicted octanol–water partition coefficient (Wildman–Crippen LogP) is 2.87. The maximum absolute atomic E-state index is 13.7. The summed E-state index contributed by atoms with van der Waals surface area (Å²) in [5.74, 6) is 4.15. The van der Waals surface area contributed by atoms with Crippen molar-refractivity contribution in [3.63, 3.8) is 0 Å². The van der Waals surface area contributed by atoms with Gasteiger partial charge >= 0.3 is 0 Å². The normalized spacial score (nSPS) is 12.4. The molecule has 3 N–H and O–H groups in total. The number of hydrazine groups is 1. The second-order valence-electron chi connectivity index (χ2n) is 4.03. The lowest BCUT2D eigenvalue weighted by atomic mass is 10.0. The van der Waals surface area contributed by atoms with E-state index < -0.39 is 17.7 Å². The first-order valence-electron chi connectivity index (χ1n) is 5.62. The molecule has 1 aromatic heterocycles. The molecule has 0 aliphatic rings. The monoisotopic (exact) mass is 327 g/mol. The molecule has 0 spiro atoms. The van der Waals surface area contributed by atoms with Crippen molar-refractivity contribution in [3.05, 3.63) is 63.9 Å². The molecule has 0 amide bonds. The summed E-state index contributed by atoms with van der Waals surface area (Å²) in [5, 5.41) is 0. The summed E-state index contributed by atoms with van der Waals surface area (Å²) in [5.41, 5.74) is 3.05. The van der Waals surface area contributed by atoms with Gasteiger partial charge in [0.05, 0.1) is 6.04 Å². The third kappa shape index (κ3) is 3.34. The molecule has 0 bridgehead atoms. The number of pyridine rings is 1. The molecule has 100 valence electrons. The molecule has 1 unspecified atom stereocenters. The summed E-state index contributed by atoms with van der Waals surface area (Å²) >= 11 is 3.27. The molecule has 6 heteroatoms. The van der Waals surface area contributed by atoms with Gasteiger partial charge in [0.15, 0.2) is 0 Å². The number of nitrogens with one attached hydrogen (secondary N) is 1. The Kier molecular flexibility index (Phi) is 4.57. The Hall–Kier alpha value is -1.37. The molecule has 1 heterocycles. The van der Waals surface area contributed by atoms with Gasteiger partial charge in [-0.1, -0.05) is 6.07 Å². The van der Waals surface area contributed by atoms with Crippen LogP contribution in [0.15, 0.2) is 41.0 Å². The molecular formula is C13H12BrF2N3.